The smallest absolute Gasteiger partial charge is 0.0719 e. The lowest BCUT2D eigenvalue weighted by molar-refractivity contribution is 0.563. The molecule has 0 N–H and O–H groups in total. The van der Waals surface area contributed by atoms with E-state index in [1.165, 1.54) is 94.1 Å². The average Bonchev–Trinajstić information content (AvgIpc) is 3.94. The number of anilines is 3. The molecule has 12 aromatic rings. The second-order valence-corrected chi connectivity index (χ2v) is 19.9. The first-order chi connectivity index (χ1) is 35.5. The third kappa shape index (κ3) is 6.02. The van der Waals surface area contributed by atoms with E-state index in [1.54, 1.807) is 0 Å². The number of aromatic nitrogens is 1. The summed E-state index contributed by atoms with van der Waals surface area (Å²) < 4.78 is 2.47. The van der Waals surface area contributed by atoms with Gasteiger partial charge in [-0.15, -0.1) is 0 Å². The van der Waals surface area contributed by atoms with Crippen LogP contribution in [0.1, 0.15) is 47.2 Å². The third-order valence-corrected chi connectivity index (χ3v) is 15.9. The van der Waals surface area contributed by atoms with Crippen molar-refractivity contribution in [2.24, 2.45) is 0 Å². The Morgan fingerprint density at radius 3 is 1.38 bits per heavy atom. The number of fused-ring (bicyclic) bond motifs is 12. The van der Waals surface area contributed by atoms with E-state index in [0.717, 1.165) is 28.3 Å². The number of benzene rings is 11. The Balaban J connectivity index is 1.06. The van der Waals surface area contributed by atoms with Crippen LogP contribution in [0.2, 0.25) is 0 Å². The van der Waals surface area contributed by atoms with E-state index in [-0.39, 0.29) is 5.41 Å². The van der Waals surface area contributed by atoms with E-state index in [2.05, 4.69) is 290 Å². The molecule has 1 spiro atoms. The van der Waals surface area contributed by atoms with Crippen LogP contribution in [0.3, 0.4) is 0 Å². The molecule has 0 amide bonds. The van der Waals surface area contributed by atoms with Gasteiger partial charge >= 0.3 is 0 Å². The molecule has 2 aliphatic rings. The molecule has 11 aromatic carbocycles. The van der Waals surface area contributed by atoms with E-state index in [0.29, 0.717) is 0 Å². The number of hydrogen-bond acceptors (Lipinski definition) is 1. The first-order valence-corrected chi connectivity index (χ1v) is 25.2. The van der Waals surface area contributed by atoms with Gasteiger partial charge in [-0.05, 0) is 115 Å². The molecule has 0 fully saturated rings. The molecule has 0 saturated heterocycles. The highest BCUT2D eigenvalue weighted by Gasteiger charge is 2.53. The van der Waals surface area contributed by atoms with Gasteiger partial charge in [-0.3, -0.25) is 0 Å². The van der Waals surface area contributed by atoms with Crippen molar-refractivity contribution in [1.82, 2.24) is 4.57 Å². The van der Waals surface area contributed by atoms with Crippen LogP contribution >= 0.6 is 0 Å². The summed E-state index contributed by atoms with van der Waals surface area (Å²) in [6.07, 6.45) is 0. The van der Waals surface area contributed by atoms with Crippen LogP contribution in [0.15, 0.2) is 267 Å². The van der Waals surface area contributed by atoms with Crippen molar-refractivity contribution in [1.29, 1.82) is 0 Å². The van der Waals surface area contributed by atoms with Crippen LogP contribution in [-0.2, 0) is 10.8 Å². The number of hydrogen-bond donors (Lipinski definition) is 0. The quantitative estimate of drug-likeness (QED) is 0.155. The minimum Gasteiger partial charge on any atom is -0.308 e. The summed E-state index contributed by atoms with van der Waals surface area (Å²) >= 11 is 0. The normalized spacial score (nSPS) is 13.6. The van der Waals surface area contributed by atoms with Crippen LogP contribution in [0.5, 0.6) is 0 Å². The largest absolute Gasteiger partial charge is 0.308 e. The van der Waals surface area contributed by atoms with Gasteiger partial charge in [0.1, 0.15) is 0 Å². The van der Waals surface area contributed by atoms with Gasteiger partial charge in [-0.25, -0.2) is 0 Å². The Bertz CT molecular complexity index is 3990. The standard InChI is InChI=1S/C70H50N2/c1-69(2)60-35-15-17-37-62(60)70(63-38-18-16-36-61(63)69)58-34-14-10-30-53(58)57-46-48(44-45-59(57)70)71(67-42-22-23-43-68(67)72-65-40-20-12-32-55(65)56-33-13-21-41-66(56)72)64-39-19-11-31-54(64)52-29-9-8-28-51(52)50-27-7-6-26-49(50)47-24-4-3-5-25-47/h3-46H,1-2H3. The topological polar surface area (TPSA) is 8.17 Å². The zero-order chi connectivity index (χ0) is 48.0. The molecule has 0 radical (unpaired) electrons. The van der Waals surface area contributed by atoms with Crippen molar-refractivity contribution >= 4 is 38.9 Å². The maximum atomic E-state index is 2.54. The van der Waals surface area contributed by atoms with Gasteiger partial charge in [-0.1, -0.05) is 238 Å². The van der Waals surface area contributed by atoms with E-state index < -0.39 is 5.41 Å². The van der Waals surface area contributed by atoms with Gasteiger partial charge in [0.05, 0.1) is 33.5 Å². The maximum absolute atomic E-state index is 2.54. The van der Waals surface area contributed by atoms with Crippen LogP contribution in [0.25, 0.3) is 72.0 Å². The van der Waals surface area contributed by atoms with Gasteiger partial charge in [0.15, 0.2) is 0 Å². The number of nitrogens with zero attached hydrogens (tertiary/aromatic N) is 2. The van der Waals surface area contributed by atoms with Crippen LogP contribution < -0.4 is 4.90 Å². The minimum atomic E-state index is -0.498. The van der Waals surface area contributed by atoms with E-state index in [1.807, 2.05) is 0 Å². The van der Waals surface area contributed by atoms with Gasteiger partial charge in [0.2, 0.25) is 0 Å². The lowest BCUT2D eigenvalue weighted by Gasteiger charge is -2.46. The predicted molar refractivity (Wildman–Crippen MR) is 301 cm³/mol. The fourth-order valence-corrected chi connectivity index (χ4v) is 12.9. The third-order valence-electron chi connectivity index (χ3n) is 15.9. The van der Waals surface area contributed by atoms with Crippen LogP contribution in [-0.4, -0.2) is 4.57 Å². The fraction of sp³-hybridized carbons (Fsp3) is 0.0571. The number of rotatable bonds is 7. The predicted octanol–water partition coefficient (Wildman–Crippen LogP) is 18.3. The van der Waals surface area contributed by atoms with Crippen LogP contribution in [0, 0.1) is 0 Å². The molecular weight excluding hydrogens is 869 g/mol. The summed E-state index contributed by atoms with van der Waals surface area (Å²) in [7, 11) is 0. The van der Waals surface area contributed by atoms with E-state index in [9.17, 15) is 0 Å². The molecule has 2 heteroatoms. The van der Waals surface area contributed by atoms with Gasteiger partial charge < -0.3 is 9.47 Å². The molecule has 2 aliphatic carbocycles. The second-order valence-electron chi connectivity index (χ2n) is 19.9. The number of para-hydroxylation sites is 5. The summed E-state index contributed by atoms with van der Waals surface area (Å²) in [5, 5.41) is 2.47. The lowest BCUT2D eigenvalue weighted by atomic mass is 9.55. The Kier molecular flexibility index (Phi) is 9.50. The van der Waals surface area contributed by atoms with Crippen molar-refractivity contribution in [3.63, 3.8) is 0 Å². The molecule has 1 heterocycles. The summed E-state index contributed by atoms with van der Waals surface area (Å²) in [4.78, 5) is 2.54. The molecule has 340 valence electrons. The summed E-state index contributed by atoms with van der Waals surface area (Å²) in [6, 6.07) is 99.2. The Morgan fingerprint density at radius 1 is 0.306 bits per heavy atom. The van der Waals surface area contributed by atoms with Crippen molar-refractivity contribution in [2.75, 3.05) is 4.90 Å². The molecule has 1 aromatic heterocycles. The van der Waals surface area contributed by atoms with Crippen molar-refractivity contribution < 1.29 is 0 Å². The molecule has 0 aliphatic heterocycles. The molecule has 2 nitrogen and oxygen atoms in total. The van der Waals surface area contributed by atoms with Crippen LogP contribution in [0.4, 0.5) is 17.1 Å². The second kappa shape index (κ2) is 16.3. The molecule has 0 saturated carbocycles. The highest BCUT2D eigenvalue weighted by Crippen LogP contribution is 2.63. The van der Waals surface area contributed by atoms with Crippen molar-refractivity contribution in [3.05, 3.63) is 300 Å². The van der Waals surface area contributed by atoms with E-state index in [4.69, 9.17) is 0 Å². The molecule has 0 unspecified atom stereocenters. The highest BCUT2D eigenvalue weighted by atomic mass is 15.2. The maximum Gasteiger partial charge on any atom is 0.0719 e. The lowest BCUT2D eigenvalue weighted by Crippen LogP contribution is -2.40. The summed E-state index contributed by atoms with van der Waals surface area (Å²) in [5.74, 6) is 0. The summed E-state index contributed by atoms with van der Waals surface area (Å²) in [6.45, 7) is 4.79. The Hall–Kier alpha value is -8.98. The van der Waals surface area contributed by atoms with Gasteiger partial charge in [-0.2, -0.15) is 0 Å². The molecule has 14 rings (SSSR count). The van der Waals surface area contributed by atoms with Crippen molar-refractivity contribution in [2.45, 2.75) is 24.7 Å². The van der Waals surface area contributed by atoms with E-state index >= 15 is 0 Å². The Labute approximate surface area is 421 Å². The van der Waals surface area contributed by atoms with Crippen molar-refractivity contribution in [3.8, 4) is 50.2 Å². The molecule has 0 atom stereocenters. The SMILES string of the molecule is CC1(C)c2ccccc2C2(c3ccccc3-c3cc(N(c4ccccc4-c4ccccc4-c4ccccc4-c4ccccc4)c4ccccc4-n4c5ccccc5c5ccccc54)ccc32)c2ccccc21. The first-order valence-electron chi connectivity index (χ1n) is 25.2. The zero-order valence-corrected chi connectivity index (χ0v) is 40.3. The molecule has 0 bridgehead atoms. The monoisotopic (exact) mass is 918 g/mol. The first kappa shape index (κ1) is 41.9. The highest BCUT2D eigenvalue weighted by molar-refractivity contribution is 6.10. The van der Waals surface area contributed by atoms with Gasteiger partial charge in [0.25, 0.3) is 0 Å². The Morgan fingerprint density at radius 2 is 0.736 bits per heavy atom. The molecular formula is C70H50N2. The zero-order valence-electron chi connectivity index (χ0n) is 40.3. The molecule has 72 heavy (non-hydrogen) atoms. The minimum absolute atomic E-state index is 0.176. The van der Waals surface area contributed by atoms with Gasteiger partial charge in [0, 0.05) is 27.4 Å². The average molecular weight is 919 g/mol. The summed E-state index contributed by atoms with van der Waals surface area (Å²) in [5.41, 5.74) is 23.7. The fourth-order valence-electron chi connectivity index (χ4n) is 12.9.